The van der Waals surface area contributed by atoms with Crippen LogP contribution >= 0.6 is 11.6 Å². The molecule has 0 aliphatic heterocycles. The number of nitrogens with zero attached hydrogens (tertiary/aromatic N) is 2. The number of halogens is 1. The Morgan fingerprint density at radius 1 is 0.806 bits per heavy atom. The third-order valence-corrected chi connectivity index (χ3v) is 11.9. The van der Waals surface area contributed by atoms with Crippen molar-refractivity contribution in [1.29, 1.82) is 0 Å². The molecule has 0 unspecified atom stereocenters. The molecule has 192 valence electrons. The van der Waals surface area contributed by atoms with Crippen LogP contribution in [-0.2, 0) is 24.1 Å². The van der Waals surface area contributed by atoms with Crippen LogP contribution < -0.4 is 0 Å². The van der Waals surface area contributed by atoms with E-state index in [2.05, 4.69) is 124 Å². The average Bonchev–Trinajstić information content (AvgIpc) is 2.87. The van der Waals surface area contributed by atoms with Crippen LogP contribution in [0.25, 0.3) is 0 Å². The zero-order chi connectivity index (χ0) is 26.0. The van der Waals surface area contributed by atoms with Gasteiger partial charge in [0, 0.05) is 18.8 Å². The number of hydrogen-bond acceptors (Lipinski definition) is 3. The predicted molar refractivity (Wildman–Crippen MR) is 157 cm³/mol. The normalized spacial score (nSPS) is 13.7. The highest BCUT2D eigenvalue weighted by atomic mass is 35.5. The summed E-state index contributed by atoms with van der Waals surface area (Å²) < 4.78 is 6.81. The fraction of sp³-hybridized carbons (Fsp3) is 0.387. The lowest BCUT2D eigenvalue weighted by molar-refractivity contribution is 0.153. The first-order chi connectivity index (χ1) is 17.2. The predicted octanol–water partition coefficient (Wildman–Crippen LogP) is 7.96. The molecule has 5 heteroatoms. The minimum Gasteiger partial charge on any atom is -0.415 e. The molecule has 0 N–H and O–H groups in total. The number of aliphatic imine (C=N–C) groups is 1. The molecule has 0 saturated carbocycles. The van der Waals surface area contributed by atoms with E-state index in [1.165, 1.54) is 16.7 Å². The minimum atomic E-state index is -1.97. The van der Waals surface area contributed by atoms with E-state index in [9.17, 15) is 0 Å². The largest absolute Gasteiger partial charge is 0.415 e. The Morgan fingerprint density at radius 2 is 1.25 bits per heavy atom. The summed E-state index contributed by atoms with van der Waals surface area (Å²) >= 11 is 6.62. The van der Waals surface area contributed by atoms with Crippen LogP contribution in [0.1, 0.15) is 37.5 Å². The molecule has 3 aromatic carbocycles. The van der Waals surface area contributed by atoms with Crippen LogP contribution in [0.3, 0.4) is 0 Å². The minimum absolute atomic E-state index is 0.0271. The highest BCUT2D eigenvalue weighted by Gasteiger charge is 2.38. The molecule has 0 spiro atoms. The van der Waals surface area contributed by atoms with E-state index >= 15 is 0 Å². The zero-order valence-electron chi connectivity index (χ0n) is 22.5. The van der Waals surface area contributed by atoms with Crippen LogP contribution in [0.4, 0.5) is 0 Å². The standard InChI is InChI=1S/C31H41ClN2OSi/c1-31(2,3)36(4,5)35-25-30(29(21-32)33-22-26-15-9-6-10-16-26)34(23-27-17-11-7-12-18-27)24-28-19-13-8-14-20-28/h6-20,30H,21-25H2,1-5H3/t30-/m0/s1. The molecular weight excluding hydrogens is 480 g/mol. The van der Waals surface area contributed by atoms with Gasteiger partial charge in [0.05, 0.1) is 25.1 Å². The molecule has 36 heavy (non-hydrogen) atoms. The van der Waals surface area contributed by atoms with Gasteiger partial charge < -0.3 is 4.43 Å². The van der Waals surface area contributed by atoms with Crippen molar-refractivity contribution >= 4 is 25.6 Å². The van der Waals surface area contributed by atoms with Crippen molar-refractivity contribution in [2.45, 2.75) is 64.6 Å². The molecule has 0 amide bonds. The van der Waals surface area contributed by atoms with Crippen LogP contribution in [0.15, 0.2) is 96.0 Å². The SMILES string of the molecule is CC(C)(C)[Si](C)(C)OC[C@@H](C(CCl)=NCc1ccccc1)N(Cc1ccccc1)Cc1ccccc1. The van der Waals surface area contributed by atoms with Crippen LogP contribution in [0, 0.1) is 0 Å². The molecule has 0 aliphatic rings. The lowest BCUT2D eigenvalue weighted by Gasteiger charge is -2.40. The summed E-state index contributed by atoms with van der Waals surface area (Å²) in [6.45, 7) is 14.3. The lowest BCUT2D eigenvalue weighted by Crippen LogP contribution is -2.49. The van der Waals surface area contributed by atoms with Gasteiger partial charge >= 0.3 is 0 Å². The molecule has 0 aliphatic carbocycles. The number of alkyl halides is 1. The zero-order valence-corrected chi connectivity index (χ0v) is 24.2. The van der Waals surface area contributed by atoms with Crippen molar-refractivity contribution in [2.75, 3.05) is 12.5 Å². The maximum Gasteiger partial charge on any atom is 0.192 e. The molecule has 0 aromatic heterocycles. The summed E-state index contributed by atoms with van der Waals surface area (Å²) in [5.74, 6) is 0.373. The summed E-state index contributed by atoms with van der Waals surface area (Å²) in [5, 5.41) is 0.129. The second-order valence-corrected chi connectivity index (χ2v) is 16.0. The van der Waals surface area contributed by atoms with Gasteiger partial charge in [-0.15, -0.1) is 11.6 Å². The van der Waals surface area contributed by atoms with Crippen molar-refractivity contribution < 1.29 is 4.43 Å². The van der Waals surface area contributed by atoms with Crippen LogP contribution in [0.2, 0.25) is 18.1 Å². The van der Waals surface area contributed by atoms with E-state index in [4.69, 9.17) is 21.0 Å². The molecule has 3 aromatic rings. The monoisotopic (exact) mass is 520 g/mol. The van der Waals surface area contributed by atoms with Crippen molar-refractivity contribution in [3.63, 3.8) is 0 Å². The van der Waals surface area contributed by atoms with Gasteiger partial charge in [0.15, 0.2) is 8.32 Å². The molecular formula is C31H41ClN2OSi. The summed E-state index contributed by atoms with van der Waals surface area (Å²) in [6.07, 6.45) is 0. The molecule has 1 atom stereocenters. The first kappa shape index (κ1) is 28.3. The van der Waals surface area contributed by atoms with Gasteiger partial charge in [-0.2, -0.15) is 0 Å². The van der Waals surface area contributed by atoms with E-state index in [0.717, 1.165) is 18.8 Å². The fourth-order valence-corrected chi connectivity index (χ4v) is 5.11. The van der Waals surface area contributed by atoms with Crippen molar-refractivity contribution in [3.05, 3.63) is 108 Å². The van der Waals surface area contributed by atoms with Gasteiger partial charge in [-0.3, -0.25) is 9.89 Å². The molecule has 0 radical (unpaired) electrons. The second-order valence-electron chi connectivity index (χ2n) is 10.9. The Labute approximate surface area is 224 Å². The van der Waals surface area contributed by atoms with Gasteiger partial charge in [-0.05, 0) is 34.8 Å². The van der Waals surface area contributed by atoms with Gasteiger partial charge in [-0.1, -0.05) is 112 Å². The number of rotatable bonds is 12. The molecule has 0 fully saturated rings. The third-order valence-electron chi connectivity index (χ3n) is 7.14. The van der Waals surface area contributed by atoms with Crippen LogP contribution in [0.5, 0.6) is 0 Å². The summed E-state index contributed by atoms with van der Waals surface area (Å²) in [5.41, 5.74) is 4.69. The Morgan fingerprint density at radius 3 is 1.67 bits per heavy atom. The smallest absolute Gasteiger partial charge is 0.192 e. The quantitative estimate of drug-likeness (QED) is 0.137. The maximum absolute atomic E-state index is 6.81. The van der Waals surface area contributed by atoms with Gasteiger partial charge in [0.2, 0.25) is 0 Å². The fourth-order valence-electron chi connectivity index (χ4n) is 3.84. The van der Waals surface area contributed by atoms with Crippen molar-refractivity contribution in [3.8, 4) is 0 Å². The second kappa shape index (κ2) is 13.3. The topological polar surface area (TPSA) is 24.8 Å². The van der Waals surface area contributed by atoms with E-state index in [-0.39, 0.29) is 11.1 Å². The molecule has 3 rings (SSSR count). The Balaban J connectivity index is 1.97. The Bertz CT molecular complexity index is 1020. The molecule has 3 nitrogen and oxygen atoms in total. The first-order valence-corrected chi connectivity index (χ1v) is 16.2. The van der Waals surface area contributed by atoms with Gasteiger partial charge in [-0.25, -0.2) is 0 Å². The van der Waals surface area contributed by atoms with Gasteiger partial charge in [0.25, 0.3) is 0 Å². The number of hydrogen-bond donors (Lipinski definition) is 0. The molecule has 0 bridgehead atoms. The Hall–Kier alpha value is -2.24. The summed E-state index contributed by atoms with van der Waals surface area (Å²) in [4.78, 5) is 7.53. The lowest BCUT2D eigenvalue weighted by atomic mass is 10.1. The Kier molecular flexibility index (Phi) is 10.5. The molecule has 0 saturated heterocycles. The van der Waals surface area contributed by atoms with Crippen molar-refractivity contribution in [2.24, 2.45) is 4.99 Å². The van der Waals surface area contributed by atoms with Gasteiger partial charge in [0.1, 0.15) is 0 Å². The summed E-state index contributed by atoms with van der Waals surface area (Å²) in [6, 6.07) is 31.6. The first-order valence-electron chi connectivity index (χ1n) is 12.8. The highest BCUT2D eigenvalue weighted by molar-refractivity contribution is 6.74. The van der Waals surface area contributed by atoms with E-state index in [0.29, 0.717) is 19.0 Å². The van der Waals surface area contributed by atoms with E-state index in [1.54, 1.807) is 0 Å². The van der Waals surface area contributed by atoms with E-state index in [1.807, 2.05) is 6.07 Å². The third kappa shape index (κ3) is 8.41. The average molecular weight is 521 g/mol. The molecule has 0 heterocycles. The highest BCUT2D eigenvalue weighted by Crippen LogP contribution is 2.37. The summed E-state index contributed by atoms with van der Waals surface area (Å²) in [7, 11) is -1.97. The maximum atomic E-state index is 6.81. The van der Waals surface area contributed by atoms with Crippen LogP contribution in [-0.4, -0.2) is 37.5 Å². The van der Waals surface area contributed by atoms with E-state index < -0.39 is 8.32 Å². The number of benzene rings is 3. The van der Waals surface area contributed by atoms with Crippen molar-refractivity contribution in [1.82, 2.24) is 4.90 Å².